The summed E-state index contributed by atoms with van der Waals surface area (Å²) in [7, 11) is 1.53. The van der Waals surface area contributed by atoms with Gasteiger partial charge < -0.3 is 5.32 Å². The number of allylic oxidation sites excluding steroid dienone is 1. The highest BCUT2D eigenvalue weighted by molar-refractivity contribution is 6.21. The summed E-state index contributed by atoms with van der Waals surface area (Å²) in [5.41, 5.74) is -0.468. The number of alkyl halides is 3. The molecule has 2 rings (SSSR count). The van der Waals surface area contributed by atoms with E-state index in [-0.39, 0.29) is 23.1 Å². The molecule has 0 saturated heterocycles. The van der Waals surface area contributed by atoms with Crippen LogP contribution in [0.4, 0.5) is 17.6 Å². The molecule has 126 valence electrons. The van der Waals surface area contributed by atoms with E-state index in [0.29, 0.717) is 0 Å². The summed E-state index contributed by atoms with van der Waals surface area (Å²) >= 11 is 0. The Balaban J connectivity index is 2.35. The fraction of sp³-hybridized carbons (Fsp3) is 0.167. The molecule has 2 nitrogen and oxygen atoms in total. The van der Waals surface area contributed by atoms with Crippen molar-refractivity contribution < 1.29 is 22.4 Å². The van der Waals surface area contributed by atoms with E-state index < -0.39 is 23.3 Å². The predicted molar refractivity (Wildman–Crippen MR) is 83.6 cm³/mol. The van der Waals surface area contributed by atoms with Gasteiger partial charge in [-0.3, -0.25) is 4.79 Å². The van der Waals surface area contributed by atoms with Crippen LogP contribution in [-0.2, 0) is 17.4 Å². The summed E-state index contributed by atoms with van der Waals surface area (Å²) in [6.45, 7) is 0. The van der Waals surface area contributed by atoms with Crippen molar-refractivity contribution in [3.8, 4) is 0 Å². The van der Waals surface area contributed by atoms with E-state index in [1.165, 1.54) is 43.6 Å². The first kappa shape index (κ1) is 17.7. The zero-order valence-corrected chi connectivity index (χ0v) is 12.8. The molecule has 0 aliphatic heterocycles. The van der Waals surface area contributed by atoms with Crippen LogP contribution in [0.1, 0.15) is 16.7 Å². The molecule has 1 N–H and O–H groups in total. The number of Topliss-reactive ketones (excluding diaryl/α,β-unsaturated/α-hetero) is 1. The van der Waals surface area contributed by atoms with Gasteiger partial charge in [0, 0.05) is 25.2 Å². The van der Waals surface area contributed by atoms with Crippen LogP contribution in [0.2, 0.25) is 0 Å². The lowest BCUT2D eigenvalue weighted by molar-refractivity contribution is -0.137. The number of hydrogen-bond donors (Lipinski definition) is 1. The van der Waals surface area contributed by atoms with Crippen LogP contribution < -0.4 is 5.32 Å². The second kappa shape index (κ2) is 7.29. The zero-order chi connectivity index (χ0) is 17.7. The molecule has 0 fully saturated rings. The van der Waals surface area contributed by atoms with E-state index in [1.54, 1.807) is 6.07 Å². The molecule has 0 atom stereocenters. The highest BCUT2D eigenvalue weighted by atomic mass is 19.4. The van der Waals surface area contributed by atoms with E-state index in [9.17, 15) is 22.4 Å². The number of ketones is 1. The molecule has 0 radical (unpaired) electrons. The normalized spacial score (nSPS) is 12.1. The maximum Gasteiger partial charge on any atom is 0.416 e. The number of halogens is 4. The molecule has 24 heavy (non-hydrogen) atoms. The lowest BCUT2D eigenvalue weighted by atomic mass is 9.96. The van der Waals surface area contributed by atoms with E-state index in [1.807, 2.05) is 0 Å². The summed E-state index contributed by atoms with van der Waals surface area (Å²) < 4.78 is 52.2. The average Bonchev–Trinajstić information content (AvgIpc) is 2.54. The van der Waals surface area contributed by atoms with Gasteiger partial charge in [0.05, 0.1) is 5.56 Å². The van der Waals surface area contributed by atoms with Crippen molar-refractivity contribution in [2.24, 2.45) is 0 Å². The van der Waals surface area contributed by atoms with Crippen molar-refractivity contribution in [3.05, 3.63) is 77.2 Å². The fourth-order valence-electron chi connectivity index (χ4n) is 2.24. The van der Waals surface area contributed by atoms with Crippen LogP contribution >= 0.6 is 0 Å². The largest absolute Gasteiger partial charge is 0.416 e. The van der Waals surface area contributed by atoms with Crippen molar-refractivity contribution in [2.75, 3.05) is 7.05 Å². The first-order valence-electron chi connectivity index (χ1n) is 7.14. The van der Waals surface area contributed by atoms with E-state index >= 15 is 0 Å². The third-order valence-corrected chi connectivity index (χ3v) is 3.40. The second-order valence-electron chi connectivity index (χ2n) is 5.12. The molecule has 0 spiro atoms. The smallest absolute Gasteiger partial charge is 0.393 e. The molecular weight excluding hydrogens is 322 g/mol. The molecule has 6 heteroatoms. The summed E-state index contributed by atoms with van der Waals surface area (Å²) in [5, 5.41) is 2.65. The maximum atomic E-state index is 13.7. The Hall–Kier alpha value is -2.63. The number of benzene rings is 2. The molecule has 0 saturated carbocycles. The van der Waals surface area contributed by atoms with Gasteiger partial charge in [0.15, 0.2) is 5.78 Å². The van der Waals surface area contributed by atoms with Crippen molar-refractivity contribution in [3.63, 3.8) is 0 Å². The molecule has 0 aromatic heterocycles. The van der Waals surface area contributed by atoms with Gasteiger partial charge in [-0.2, -0.15) is 13.2 Å². The maximum absolute atomic E-state index is 13.7. The number of nitrogens with one attached hydrogen (secondary N) is 1. The third kappa shape index (κ3) is 4.22. The highest BCUT2D eigenvalue weighted by Gasteiger charge is 2.31. The van der Waals surface area contributed by atoms with Gasteiger partial charge in [-0.25, -0.2) is 4.39 Å². The van der Waals surface area contributed by atoms with Crippen LogP contribution in [0.5, 0.6) is 0 Å². The minimum absolute atomic E-state index is 0.0619. The van der Waals surface area contributed by atoms with Crippen molar-refractivity contribution in [1.82, 2.24) is 5.32 Å². The summed E-state index contributed by atoms with van der Waals surface area (Å²) in [6, 6.07) is 10.3. The standard InChI is InChI=1S/C18H15F4NO/c1-23-11-15(12-6-4-7-14(9-12)18(20,21)22)17(24)10-13-5-2-3-8-16(13)19/h2-9,11,23H,10H2,1H3. The van der Waals surface area contributed by atoms with Crippen molar-refractivity contribution in [1.29, 1.82) is 0 Å². The Morgan fingerprint density at radius 1 is 1.12 bits per heavy atom. The molecule has 0 unspecified atom stereocenters. The molecule has 2 aromatic carbocycles. The van der Waals surface area contributed by atoms with Crippen molar-refractivity contribution >= 4 is 11.4 Å². The molecule has 2 aromatic rings. The fourth-order valence-corrected chi connectivity index (χ4v) is 2.24. The second-order valence-corrected chi connectivity index (χ2v) is 5.12. The van der Waals surface area contributed by atoms with Crippen LogP contribution in [0.3, 0.4) is 0 Å². The molecule has 0 aliphatic carbocycles. The Labute approximate surface area is 136 Å². The highest BCUT2D eigenvalue weighted by Crippen LogP contribution is 2.31. The Morgan fingerprint density at radius 3 is 2.46 bits per heavy atom. The monoisotopic (exact) mass is 337 g/mol. The third-order valence-electron chi connectivity index (χ3n) is 3.40. The number of carbonyl (C=O) groups excluding carboxylic acids is 1. The molecule has 0 aliphatic rings. The van der Waals surface area contributed by atoms with E-state index in [0.717, 1.165) is 12.1 Å². The minimum Gasteiger partial charge on any atom is -0.393 e. The van der Waals surface area contributed by atoms with Gasteiger partial charge >= 0.3 is 6.18 Å². The first-order chi connectivity index (χ1) is 11.3. The quantitative estimate of drug-likeness (QED) is 0.654. The van der Waals surface area contributed by atoms with Gasteiger partial charge in [0.1, 0.15) is 5.82 Å². The van der Waals surface area contributed by atoms with Gasteiger partial charge in [-0.15, -0.1) is 0 Å². The number of carbonyl (C=O) groups is 1. The lowest BCUT2D eigenvalue weighted by Crippen LogP contribution is -2.11. The molecule has 0 amide bonds. The van der Waals surface area contributed by atoms with Gasteiger partial charge in [0.25, 0.3) is 0 Å². The van der Waals surface area contributed by atoms with Crippen LogP contribution in [0.25, 0.3) is 5.57 Å². The topological polar surface area (TPSA) is 29.1 Å². The number of hydrogen-bond acceptors (Lipinski definition) is 2. The first-order valence-corrected chi connectivity index (χ1v) is 7.14. The van der Waals surface area contributed by atoms with Crippen LogP contribution in [0, 0.1) is 5.82 Å². The Morgan fingerprint density at radius 2 is 1.83 bits per heavy atom. The molecule has 0 heterocycles. The minimum atomic E-state index is -4.50. The van der Waals surface area contributed by atoms with Crippen molar-refractivity contribution in [2.45, 2.75) is 12.6 Å². The Kier molecular flexibility index (Phi) is 5.39. The summed E-state index contributed by atoms with van der Waals surface area (Å²) in [5.74, 6) is -1.01. The lowest BCUT2D eigenvalue weighted by Gasteiger charge is -2.11. The van der Waals surface area contributed by atoms with E-state index in [4.69, 9.17) is 0 Å². The van der Waals surface area contributed by atoms with Crippen LogP contribution in [-0.4, -0.2) is 12.8 Å². The summed E-state index contributed by atoms with van der Waals surface area (Å²) in [4.78, 5) is 12.5. The van der Waals surface area contributed by atoms with E-state index in [2.05, 4.69) is 5.32 Å². The van der Waals surface area contributed by atoms with Gasteiger partial charge in [-0.1, -0.05) is 30.3 Å². The molecular formula is C18H15F4NO. The number of rotatable bonds is 5. The SMILES string of the molecule is CNC=C(C(=O)Cc1ccccc1F)c1cccc(C(F)(F)F)c1. The van der Waals surface area contributed by atoms with Crippen LogP contribution in [0.15, 0.2) is 54.7 Å². The summed E-state index contributed by atoms with van der Waals surface area (Å²) in [6.07, 6.45) is -3.43. The Bertz CT molecular complexity index is 766. The molecule has 0 bridgehead atoms. The average molecular weight is 337 g/mol. The van der Waals surface area contributed by atoms with Gasteiger partial charge in [-0.05, 0) is 29.3 Å². The zero-order valence-electron chi connectivity index (χ0n) is 12.8. The predicted octanol–water partition coefficient (Wildman–Crippen LogP) is 4.22. The van der Waals surface area contributed by atoms with Gasteiger partial charge in [0.2, 0.25) is 0 Å².